The van der Waals surface area contributed by atoms with Gasteiger partial charge in [-0.2, -0.15) is 0 Å². The molecule has 3 aromatic rings. The average Bonchev–Trinajstić information content (AvgIpc) is 3.10. The fourth-order valence-electron chi connectivity index (χ4n) is 2.67. The van der Waals surface area contributed by atoms with Crippen molar-refractivity contribution < 1.29 is 9.84 Å². The molecule has 0 aliphatic heterocycles. The summed E-state index contributed by atoms with van der Waals surface area (Å²) in [6.07, 6.45) is 6.99. The third-order valence-electron chi connectivity index (χ3n) is 4.28. The molecule has 130 valence electrons. The molecule has 2 heterocycles. The molecule has 0 spiro atoms. The van der Waals surface area contributed by atoms with Gasteiger partial charge in [0.2, 0.25) is 0 Å². The van der Waals surface area contributed by atoms with Crippen molar-refractivity contribution in [2.45, 2.75) is 32.9 Å². The Morgan fingerprint density at radius 2 is 2.04 bits per heavy atom. The normalized spacial score (nSPS) is 12.1. The summed E-state index contributed by atoms with van der Waals surface area (Å²) in [7, 11) is 0. The van der Waals surface area contributed by atoms with E-state index < -0.39 is 6.10 Å². The summed E-state index contributed by atoms with van der Waals surface area (Å²) < 4.78 is 7.78. The van der Waals surface area contributed by atoms with E-state index in [-0.39, 0.29) is 0 Å². The van der Waals surface area contributed by atoms with Crippen LogP contribution in [0.3, 0.4) is 0 Å². The highest BCUT2D eigenvalue weighted by atomic mass is 16.5. The van der Waals surface area contributed by atoms with Crippen LogP contribution in [0.15, 0.2) is 55.1 Å². The van der Waals surface area contributed by atoms with Crippen LogP contribution in [-0.4, -0.2) is 26.2 Å². The third kappa shape index (κ3) is 4.25. The topological polar surface area (TPSA) is 60.2 Å². The first-order valence-corrected chi connectivity index (χ1v) is 8.44. The van der Waals surface area contributed by atoms with Gasteiger partial charge < -0.3 is 14.4 Å². The maximum atomic E-state index is 10.5. The lowest BCUT2D eigenvalue weighted by atomic mass is 10.1. The summed E-state index contributed by atoms with van der Waals surface area (Å²) in [6.45, 7) is 5.52. The molecule has 3 rings (SSSR count). The zero-order valence-corrected chi connectivity index (χ0v) is 14.6. The number of nitrogens with zero attached hydrogens (tertiary/aromatic N) is 3. The summed E-state index contributed by atoms with van der Waals surface area (Å²) in [5, 5.41) is 10.5. The van der Waals surface area contributed by atoms with E-state index in [0.717, 1.165) is 24.3 Å². The molecule has 5 heteroatoms. The molecule has 1 atom stereocenters. The number of aliphatic hydroxyl groups is 1. The first-order chi connectivity index (χ1) is 12.1. The Bertz CT molecular complexity index is 815. The number of benzene rings is 1. The number of ether oxygens (including phenoxy) is 1. The predicted molar refractivity (Wildman–Crippen MR) is 96.6 cm³/mol. The van der Waals surface area contributed by atoms with Crippen molar-refractivity contribution in [2.75, 3.05) is 6.61 Å². The van der Waals surface area contributed by atoms with Crippen LogP contribution in [0.4, 0.5) is 0 Å². The minimum absolute atomic E-state index is 0.614. The predicted octanol–water partition coefficient (Wildman–Crippen LogP) is 3.45. The quantitative estimate of drug-likeness (QED) is 0.671. The Morgan fingerprint density at radius 3 is 2.80 bits per heavy atom. The lowest BCUT2D eigenvalue weighted by molar-refractivity contribution is 0.202. The largest absolute Gasteiger partial charge is 0.494 e. The summed E-state index contributed by atoms with van der Waals surface area (Å²) in [5.74, 6) is 1.52. The Hall–Kier alpha value is -2.66. The number of aryl methyl sites for hydroxylation is 3. The van der Waals surface area contributed by atoms with Crippen LogP contribution in [0.1, 0.15) is 35.0 Å². The van der Waals surface area contributed by atoms with Crippen LogP contribution in [-0.2, 0) is 6.54 Å². The Morgan fingerprint density at radius 1 is 1.16 bits per heavy atom. The summed E-state index contributed by atoms with van der Waals surface area (Å²) in [6, 6.07) is 9.78. The van der Waals surface area contributed by atoms with Crippen molar-refractivity contribution in [1.29, 1.82) is 0 Å². The highest BCUT2D eigenvalue weighted by Gasteiger charge is 2.16. The van der Waals surface area contributed by atoms with E-state index in [4.69, 9.17) is 4.74 Å². The van der Waals surface area contributed by atoms with E-state index in [1.807, 2.05) is 29.0 Å². The first-order valence-electron chi connectivity index (χ1n) is 8.44. The molecule has 0 fully saturated rings. The van der Waals surface area contributed by atoms with E-state index >= 15 is 0 Å². The van der Waals surface area contributed by atoms with Crippen molar-refractivity contribution in [3.05, 3.63) is 77.6 Å². The van der Waals surface area contributed by atoms with Gasteiger partial charge >= 0.3 is 0 Å². The minimum Gasteiger partial charge on any atom is -0.494 e. The van der Waals surface area contributed by atoms with Crippen LogP contribution in [0.25, 0.3) is 0 Å². The van der Waals surface area contributed by atoms with E-state index in [0.29, 0.717) is 12.4 Å². The van der Waals surface area contributed by atoms with Crippen molar-refractivity contribution >= 4 is 0 Å². The molecule has 5 nitrogen and oxygen atoms in total. The van der Waals surface area contributed by atoms with Crippen molar-refractivity contribution in [3.63, 3.8) is 0 Å². The number of imidazole rings is 1. The van der Waals surface area contributed by atoms with Gasteiger partial charge in [0.05, 0.1) is 6.61 Å². The molecular formula is C20H23N3O2. The standard InChI is InChI=1S/C20H23N3O2/c1-15-6-7-18(13-16(15)2)25-12-4-10-23-11-9-22-20(23)19(24)17-5-3-8-21-14-17/h3,5-9,11,13-14,19,24H,4,10,12H2,1-2H3/t19-/m0/s1. The zero-order chi connectivity index (χ0) is 17.6. The highest BCUT2D eigenvalue weighted by Crippen LogP contribution is 2.20. The van der Waals surface area contributed by atoms with Crippen LogP contribution >= 0.6 is 0 Å². The SMILES string of the molecule is Cc1ccc(OCCCn2ccnc2[C@@H](O)c2cccnc2)cc1C. The lowest BCUT2D eigenvalue weighted by Gasteiger charge is -2.14. The van der Waals surface area contributed by atoms with Gasteiger partial charge in [-0.3, -0.25) is 4.98 Å². The molecule has 0 radical (unpaired) electrons. The average molecular weight is 337 g/mol. The van der Waals surface area contributed by atoms with Gasteiger partial charge in [0.15, 0.2) is 0 Å². The Labute approximate surface area is 148 Å². The molecule has 0 bridgehead atoms. The number of aromatic nitrogens is 3. The number of aliphatic hydroxyl groups excluding tert-OH is 1. The maximum absolute atomic E-state index is 10.5. The second kappa shape index (κ2) is 7.94. The van der Waals surface area contributed by atoms with Crippen LogP contribution in [0, 0.1) is 13.8 Å². The highest BCUT2D eigenvalue weighted by molar-refractivity contribution is 5.33. The van der Waals surface area contributed by atoms with Crippen molar-refractivity contribution in [2.24, 2.45) is 0 Å². The molecule has 25 heavy (non-hydrogen) atoms. The maximum Gasteiger partial charge on any atom is 0.142 e. The molecule has 0 unspecified atom stereocenters. The van der Waals surface area contributed by atoms with Gasteiger partial charge in [0.25, 0.3) is 0 Å². The van der Waals surface area contributed by atoms with Gasteiger partial charge in [-0.1, -0.05) is 12.1 Å². The summed E-state index contributed by atoms with van der Waals surface area (Å²) >= 11 is 0. The molecule has 0 aliphatic rings. The second-order valence-electron chi connectivity index (χ2n) is 6.12. The lowest BCUT2D eigenvalue weighted by Crippen LogP contribution is -2.12. The molecule has 0 saturated heterocycles. The molecule has 1 aromatic carbocycles. The zero-order valence-electron chi connectivity index (χ0n) is 14.6. The Balaban J connectivity index is 1.56. The van der Waals surface area contributed by atoms with Crippen molar-refractivity contribution in [3.8, 4) is 5.75 Å². The Kier molecular flexibility index (Phi) is 5.46. The summed E-state index contributed by atoms with van der Waals surface area (Å²) in [4.78, 5) is 8.35. The number of pyridine rings is 1. The molecular weight excluding hydrogens is 314 g/mol. The fourth-order valence-corrected chi connectivity index (χ4v) is 2.67. The smallest absolute Gasteiger partial charge is 0.142 e. The van der Waals surface area contributed by atoms with Gasteiger partial charge in [0, 0.05) is 36.9 Å². The summed E-state index contributed by atoms with van der Waals surface area (Å²) in [5.41, 5.74) is 3.23. The van der Waals surface area contributed by atoms with E-state index in [9.17, 15) is 5.11 Å². The molecule has 0 aliphatic carbocycles. The van der Waals surface area contributed by atoms with E-state index in [2.05, 4.69) is 35.9 Å². The molecule has 2 aromatic heterocycles. The van der Waals surface area contributed by atoms with Gasteiger partial charge in [0.1, 0.15) is 17.7 Å². The molecule has 0 saturated carbocycles. The third-order valence-corrected chi connectivity index (χ3v) is 4.28. The second-order valence-corrected chi connectivity index (χ2v) is 6.12. The fraction of sp³-hybridized carbons (Fsp3) is 0.300. The molecule has 0 amide bonds. The van der Waals surface area contributed by atoms with E-state index in [1.165, 1.54) is 11.1 Å². The first kappa shape index (κ1) is 17.2. The van der Waals surface area contributed by atoms with Crippen LogP contribution in [0.5, 0.6) is 5.75 Å². The number of rotatable bonds is 7. The molecule has 1 N–H and O–H groups in total. The monoisotopic (exact) mass is 337 g/mol. The van der Waals surface area contributed by atoms with Crippen LogP contribution in [0.2, 0.25) is 0 Å². The number of hydrogen-bond donors (Lipinski definition) is 1. The van der Waals surface area contributed by atoms with Crippen molar-refractivity contribution in [1.82, 2.24) is 14.5 Å². The van der Waals surface area contributed by atoms with Crippen LogP contribution < -0.4 is 4.74 Å². The van der Waals surface area contributed by atoms with Gasteiger partial charge in [-0.05, 0) is 49.6 Å². The minimum atomic E-state index is -0.774. The van der Waals surface area contributed by atoms with E-state index in [1.54, 1.807) is 18.6 Å². The van der Waals surface area contributed by atoms with Gasteiger partial charge in [-0.25, -0.2) is 4.98 Å². The number of hydrogen-bond acceptors (Lipinski definition) is 4. The van der Waals surface area contributed by atoms with Gasteiger partial charge in [-0.15, -0.1) is 0 Å².